The summed E-state index contributed by atoms with van der Waals surface area (Å²) >= 11 is 0. The Balaban J connectivity index is 2.26. The Morgan fingerprint density at radius 1 is 1.25 bits per heavy atom. The molecule has 1 fully saturated rings. The first-order chi connectivity index (χ1) is 7.57. The van der Waals surface area contributed by atoms with Crippen molar-refractivity contribution in [1.82, 2.24) is 4.90 Å². The largest absolute Gasteiger partial charge is 0.325 e. The van der Waals surface area contributed by atoms with Gasteiger partial charge in [0.2, 0.25) is 0 Å². The Labute approximate surface area is 102 Å². The first kappa shape index (κ1) is 14.0. The number of nitrogens with zero attached hydrogens (tertiary/aromatic N) is 1. The van der Waals surface area contributed by atoms with Crippen molar-refractivity contribution in [3.63, 3.8) is 0 Å². The van der Waals surface area contributed by atoms with Gasteiger partial charge in [-0.1, -0.05) is 32.6 Å². The lowest BCUT2D eigenvalue weighted by Gasteiger charge is -2.36. The topological polar surface area (TPSA) is 29.3 Å². The minimum absolute atomic E-state index is 0.151. The summed E-state index contributed by atoms with van der Waals surface area (Å²) in [5.74, 6) is 0. The molecule has 1 atom stereocenters. The van der Waals surface area contributed by atoms with Crippen LogP contribution >= 0.6 is 0 Å². The van der Waals surface area contributed by atoms with Crippen LogP contribution in [0.25, 0.3) is 0 Å². The molecule has 0 spiro atoms. The lowest BCUT2D eigenvalue weighted by atomic mass is 9.80. The van der Waals surface area contributed by atoms with Crippen LogP contribution < -0.4 is 5.73 Å². The van der Waals surface area contributed by atoms with E-state index in [1.165, 1.54) is 51.4 Å². The van der Waals surface area contributed by atoms with Gasteiger partial charge in [-0.05, 0) is 46.2 Å². The van der Waals surface area contributed by atoms with Crippen molar-refractivity contribution in [3.05, 3.63) is 0 Å². The molecule has 0 aromatic heterocycles. The van der Waals surface area contributed by atoms with Gasteiger partial charge >= 0.3 is 0 Å². The van der Waals surface area contributed by atoms with E-state index >= 15 is 0 Å². The van der Waals surface area contributed by atoms with Gasteiger partial charge < -0.3 is 10.6 Å². The maximum atomic E-state index is 6.45. The van der Waals surface area contributed by atoms with Crippen molar-refractivity contribution >= 4 is 0 Å². The van der Waals surface area contributed by atoms with Gasteiger partial charge in [-0.15, -0.1) is 0 Å². The third-order valence-corrected chi connectivity index (χ3v) is 4.27. The Hall–Kier alpha value is -0.0800. The molecule has 0 heterocycles. The summed E-state index contributed by atoms with van der Waals surface area (Å²) in [7, 11) is 2.24. The van der Waals surface area contributed by atoms with Crippen LogP contribution in [0.5, 0.6) is 0 Å². The summed E-state index contributed by atoms with van der Waals surface area (Å²) in [6.45, 7) is 5.75. The van der Waals surface area contributed by atoms with Gasteiger partial charge in [-0.25, -0.2) is 0 Å². The molecule has 0 aliphatic heterocycles. The van der Waals surface area contributed by atoms with Crippen molar-refractivity contribution < 1.29 is 0 Å². The molecule has 1 aliphatic rings. The average Bonchev–Trinajstić information content (AvgIpc) is 2.27. The van der Waals surface area contributed by atoms with Gasteiger partial charge in [0.1, 0.15) is 0 Å². The van der Waals surface area contributed by atoms with Gasteiger partial charge in [0.05, 0.1) is 0 Å². The lowest BCUT2D eigenvalue weighted by molar-refractivity contribution is 0.194. The maximum Gasteiger partial charge on any atom is 0.0166 e. The zero-order chi connectivity index (χ0) is 12.0. The first-order valence-corrected chi connectivity index (χ1v) is 7.06. The molecule has 16 heavy (non-hydrogen) atoms. The number of hydrogen-bond donors (Lipinski definition) is 1. The van der Waals surface area contributed by atoms with Crippen molar-refractivity contribution in [1.29, 1.82) is 0 Å². The van der Waals surface area contributed by atoms with Gasteiger partial charge in [-0.3, -0.25) is 0 Å². The van der Waals surface area contributed by atoms with E-state index in [0.717, 1.165) is 6.54 Å². The van der Waals surface area contributed by atoms with Crippen LogP contribution in [0.4, 0.5) is 0 Å². The molecule has 0 aromatic rings. The molecule has 0 radical (unpaired) electrons. The molecule has 1 unspecified atom stereocenters. The van der Waals surface area contributed by atoms with E-state index in [2.05, 4.69) is 25.8 Å². The van der Waals surface area contributed by atoms with E-state index in [-0.39, 0.29) is 5.54 Å². The molecule has 2 heteroatoms. The minimum Gasteiger partial charge on any atom is -0.325 e. The monoisotopic (exact) mass is 226 g/mol. The molecule has 0 bridgehead atoms. The van der Waals surface area contributed by atoms with E-state index in [0.29, 0.717) is 6.04 Å². The van der Waals surface area contributed by atoms with Gasteiger partial charge in [0.25, 0.3) is 0 Å². The van der Waals surface area contributed by atoms with Crippen molar-refractivity contribution in [2.45, 2.75) is 76.8 Å². The second-order valence-corrected chi connectivity index (χ2v) is 5.79. The number of nitrogens with two attached hydrogens (primary N) is 1. The highest BCUT2D eigenvalue weighted by atomic mass is 15.1. The van der Waals surface area contributed by atoms with Gasteiger partial charge in [0.15, 0.2) is 0 Å². The third-order valence-electron chi connectivity index (χ3n) is 4.27. The highest BCUT2D eigenvalue weighted by Gasteiger charge is 2.27. The molecule has 0 saturated heterocycles. The average molecular weight is 226 g/mol. The Morgan fingerprint density at radius 3 is 2.44 bits per heavy atom. The van der Waals surface area contributed by atoms with Gasteiger partial charge in [-0.2, -0.15) is 0 Å². The van der Waals surface area contributed by atoms with E-state index in [9.17, 15) is 0 Å². The first-order valence-electron chi connectivity index (χ1n) is 7.06. The fourth-order valence-corrected chi connectivity index (χ4v) is 2.76. The fraction of sp³-hybridized carbons (Fsp3) is 1.00. The molecule has 1 rings (SSSR count). The van der Waals surface area contributed by atoms with E-state index < -0.39 is 0 Å². The van der Waals surface area contributed by atoms with Crippen LogP contribution in [0.15, 0.2) is 0 Å². The highest BCUT2D eigenvalue weighted by molar-refractivity contribution is 4.88. The van der Waals surface area contributed by atoms with Gasteiger partial charge in [0, 0.05) is 11.6 Å². The van der Waals surface area contributed by atoms with E-state index in [1.54, 1.807) is 0 Å². The molecular formula is C14H30N2. The summed E-state index contributed by atoms with van der Waals surface area (Å²) in [6, 6.07) is 0.706. The number of hydrogen-bond acceptors (Lipinski definition) is 2. The molecule has 0 amide bonds. The molecule has 96 valence electrons. The third kappa shape index (κ3) is 4.42. The molecular weight excluding hydrogens is 196 g/mol. The summed E-state index contributed by atoms with van der Waals surface area (Å²) in [5.41, 5.74) is 6.61. The molecule has 1 saturated carbocycles. The van der Waals surface area contributed by atoms with Crippen LogP contribution in [-0.4, -0.2) is 30.1 Å². The predicted molar refractivity (Wildman–Crippen MR) is 71.6 cm³/mol. The van der Waals surface area contributed by atoms with Crippen molar-refractivity contribution in [2.24, 2.45) is 5.73 Å². The molecule has 0 aromatic carbocycles. The smallest absolute Gasteiger partial charge is 0.0166 e. The van der Waals surface area contributed by atoms with E-state index in [1.807, 2.05) is 0 Å². The van der Waals surface area contributed by atoms with Crippen LogP contribution in [-0.2, 0) is 0 Å². The summed E-state index contributed by atoms with van der Waals surface area (Å²) in [6.07, 6.45) is 10.3. The summed E-state index contributed by atoms with van der Waals surface area (Å²) in [4.78, 5) is 2.48. The van der Waals surface area contributed by atoms with Crippen LogP contribution in [0.1, 0.15) is 65.2 Å². The van der Waals surface area contributed by atoms with E-state index in [4.69, 9.17) is 5.73 Å². The quantitative estimate of drug-likeness (QED) is 0.754. The molecule has 2 nitrogen and oxygen atoms in total. The van der Waals surface area contributed by atoms with Crippen LogP contribution in [0.2, 0.25) is 0 Å². The van der Waals surface area contributed by atoms with Crippen LogP contribution in [0.3, 0.4) is 0 Å². The zero-order valence-corrected chi connectivity index (χ0v) is 11.5. The number of rotatable bonds is 6. The SMILES string of the molecule is CCCC(C)N(C)CCC1(N)CCCCC1. The Kier molecular flexibility index (Phi) is 5.77. The zero-order valence-electron chi connectivity index (χ0n) is 11.5. The molecule has 2 N–H and O–H groups in total. The second-order valence-electron chi connectivity index (χ2n) is 5.79. The minimum atomic E-state index is 0.151. The standard InChI is InChI=1S/C14H30N2/c1-4-8-13(2)16(3)12-11-14(15)9-6-5-7-10-14/h13H,4-12,15H2,1-3H3. The summed E-state index contributed by atoms with van der Waals surface area (Å²) in [5, 5.41) is 0. The van der Waals surface area contributed by atoms with Crippen LogP contribution in [0, 0.1) is 0 Å². The predicted octanol–water partition coefficient (Wildman–Crippen LogP) is 3.16. The Morgan fingerprint density at radius 2 is 1.88 bits per heavy atom. The Bertz CT molecular complexity index is 185. The van der Waals surface area contributed by atoms with Crippen molar-refractivity contribution in [2.75, 3.05) is 13.6 Å². The summed E-state index contributed by atoms with van der Waals surface area (Å²) < 4.78 is 0. The lowest BCUT2D eigenvalue weighted by Crippen LogP contribution is -2.45. The second kappa shape index (κ2) is 6.61. The fourth-order valence-electron chi connectivity index (χ4n) is 2.76. The molecule has 1 aliphatic carbocycles. The normalized spacial score (nSPS) is 22.3. The van der Waals surface area contributed by atoms with Crippen molar-refractivity contribution in [3.8, 4) is 0 Å². The maximum absolute atomic E-state index is 6.45. The highest BCUT2D eigenvalue weighted by Crippen LogP contribution is 2.28.